The van der Waals surface area contributed by atoms with Gasteiger partial charge in [0.15, 0.2) is 0 Å². The molecule has 0 N–H and O–H groups in total. The average molecular weight is 296 g/mol. The molecule has 8 heteroatoms. The molecule has 0 unspecified atom stereocenters. The highest BCUT2D eigenvalue weighted by molar-refractivity contribution is 7.13. The Morgan fingerprint density at radius 2 is 1.42 bits per heavy atom. The van der Waals surface area contributed by atoms with Gasteiger partial charge in [-0.2, -0.15) is 26.3 Å². The molecule has 0 saturated heterocycles. The summed E-state index contributed by atoms with van der Waals surface area (Å²) in [6.07, 6.45) is -7.35. The SMILES string of the molecule is FC(F)(F)c1cc(-c2n[c]cs2)cc(C(F)(F)F)c1. The third-order valence-corrected chi connectivity index (χ3v) is 3.00. The summed E-state index contributed by atoms with van der Waals surface area (Å²) in [7, 11) is 0. The normalized spacial score (nSPS) is 12.7. The highest BCUT2D eigenvalue weighted by atomic mass is 32.1. The molecule has 0 aliphatic heterocycles. The molecule has 2 aromatic rings. The molecule has 1 heterocycles. The summed E-state index contributed by atoms with van der Waals surface area (Å²) >= 11 is 0.913. The zero-order valence-electron chi connectivity index (χ0n) is 8.93. The van der Waals surface area contributed by atoms with E-state index in [0.717, 1.165) is 11.3 Å². The molecule has 1 aromatic carbocycles. The lowest BCUT2D eigenvalue weighted by molar-refractivity contribution is -0.143. The molecule has 0 aliphatic rings. The molecule has 1 aromatic heterocycles. The Bertz CT molecular complexity index is 538. The minimum absolute atomic E-state index is 0.0524. The second-order valence-corrected chi connectivity index (χ2v) is 4.43. The Hall–Kier alpha value is -1.57. The van der Waals surface area contributed by atoms with Crippen molar-refractivity contribution in [2.24, 2.45) is 0 Å². The van der Waals surface area contributed by atoms with Crippen molar-refractivity contribution in [3.8, 4) is 10.6 Å². The van der Waals surface area contributed by atoms with Crippen molar-refractivity contribution < 1.29 is 26.3 Å². The monoisotopic (exact) mass is 296 g/mol. The molecule has 0 aliphatic carbocycles. The Kier molecular flexibility index (Phi) is 3.29. The summed E-state index contributed by atoms with van der Waals surface area (Å²) in [4.78, 5) is 3.59. The van der Waals surface area contributed by atoms with Gasteiger partial charge >= 0.3 is 12.4 Å². The van der Waals surface area contributed by atoms with Crippen LogP contribution < -0.4 is 0 Å². The van der Waals surface area contributed by atoms with E-state index in [1.165, 1.54) is 5.38 Å². The fourth-order valence-corrected chi connectivity index (χ4v) is 1.98. The number of nitrogens with zero attached hydrogens (tertiary/aromatic N) is 1. The zero-order chi connectivity index (χ0) is 14.3. The second-order valence-electron chi connectivity index (χ2n) is 3.58. The lowest BCUT2D eigenvalue weighted by Crippen LogP contribution is -2.11. The molecule has 101 valence electrons. The molecule has 0 saturated carbocycles. The van der Waals surface area contributed by atoms with Crippen LogP contribution in [0.3, 0.4) is 0 Å². The summed E-state index contributed by atoms with van der Waals surface area (Å²) < 4.78 is 75.5. The molecule has 0 fully saturated rings. The fourth-order valence-electron chi connectivity index (χ4n) is 1.40. The van der Waals surface area contributed by atoms with Gasteiger partial charge in [-0.3, -0.25) is 0 Å². The van der Waals surface area contributed by atoms with Gasteiger partial charge in [0, 0.05) is 10.9 Å². The maximum Gasteiger partial charge on any atom is 0.416 e. The van der Waals surface area contributed by atoms with Gasteiger partial charge in [-0.05, 0) is 18.2 Å². The summed E-state index contributed by atoms with van der Waals surface area (Å²) in [5.41, 5.74) is -2.94. The van der Waals surface area contributed by atoms with E-state index >= 15 is 0 Å². The summed E-state index contributed by atoms with van der Waals surface area (Å²) in [6, 6.07) is 1.37. The van der Waals surface area contributed by atoms with E-state index in [1.54, 1.807) is 0 Å². The molecular weight excluding hydrogens is 292 g/mol. The number of hydrogen-bond donors (Lipinski definition) is 0. The van der Waals surface area contributed by atoms with Gasteiger partial charge < -0.3 is 0 Å². The first kappa shape index (κ1) is 13.9. The van der Waals surface area contributed by atoms with Gasteiger partial charge in [0.25, 0.3) is 0 Å². The summed E-state index contributed by atoms with van der Waals surface area (Å²) in [6.45, 7) is 0. The van der Waals surface area contributed by atoms with E-state index in [-0.39, 0.29) is 16.6 Å². The fraction of sp³-hybridized carbons (Fsp3) is 0.182. The zero-order valence-corrected chi connectivity index (χ0v) is 9.75. The molecule has 0 atom stereocenters. The molecule has 19 heavy (non-hydrogen) atoms. The molecule has 0 spiro atoms. The van der Waals surface area contributed by atoms with Gasteiger partial charge in [-0.1, -0.05) is 0 Å². The van der Waals surface area contributed by atoms with Crippen LogP contribution in [0.15, 0.2) is 23.6 Å². The van der Waals surface area contributed by atoms with Crippen molar-refractivity contribution in [3.05, 3.63) is 40.9 Å². The van der Waals surface area contributed by atoms with Gasteiger partial charge in [-0.15, -0.1) is 11.3 Å². The van der Waals surface area contributed by atoms with Crippen LogP contribution in [-0.2, 0) is 12.4 Å². The van der Waals surface area contributed by atoms with Gasteiger partial charge in [-0.25, -0.2) is 4.98 Å². The largest absolute Gasteiger partial charge is 0.416 e. The molecular formula is C11H4F6NS. The van der Waals surface area contributed by atoms with Gasteiger partial charge in [0.1, 0.15) is 11.2 Å². The van der Waals surface area contributed by atoms with Crippen LogP contribution in [0.1, 0.15) is 11.1 Å². The van der Waals surface area contributed by atoms with E-state index in [4.69, 9.17) is 0 Å². The van der Waals surface area contributed by atoms with E-state index in [9.17, 15) is 26.3 Å². The van der Waals surface area contributed by atoms with E-state index in [1.807, 2.05) is 0 Å². The number of hydrogen-bond acceptors (Lipinski definition) is 2. The van der Waals surface area contributed by atoms with E-state index < -0.39 is 23.5 Å². The predicted octanol–water partition coefficient (Wildman–Crippen LogP) is 4.65. The highest BCUT2D eigenvalue weighted by Crippen LogP contribution is 2.38. The van der Waals surface area contributed by atoms with Gasteiger partial charge in [0.2, 0.25) is 0 Å². The highest BCUT2D eigenvalue weighted by Gasteiger charge is 2.37. The number of alkyl halides is 6. The van der Waals surface area contributed by atoms with E-state index in [2.05, 4.69) is 11.2 Å². The number of thiazole rings is 1. The first-order valence-electron chi connectivity index (χ1n) is 4.79. The van der Waals surface area contributed by atoms with Crippen molar-refractivity contribution in [1.82, 2.24) is 4.98 Å². The van der Waals surface area contributed by atoms with Crippen molar-refractivity contribution in [2.75, 3.05) is 0 Å². The van der Waals surface area contributed by atoms with Crippen molar-refractivity contribution in [1.29, 1.82) is 0 Å². The lowest BCUT2D eigenvalue weighted by Gasteiger charge is -2.13. The first-order valence-corrected chi connectivity index (χ1v) is 5.67. The number of halogens is 6. The van der Waals surface area contributed by atoms with Crippen LogP contribution in [-0.4, -0.2) is 4.98 Å². The summed E-state index contributed by atoms with van der Waals surface area (Å²) in [5.74, 6) is 0. The second kappa shape index (κ2) is 4.52. The Morgan fingerprint density at radius 3 is 1.79 bits per heavy atom. The molecule has 1 radical (unpaired) electrons. The van der Waals surface area contributed by atoms with Crippen molar-refractivity contribution in [3.63, 3.8) is 0 Å². The van der Waals surface area contributed by atoms with Gasteiger partial charge in [0.05, 0.1) is 11.1 Å². The molecule has 2 rings (SSSR count). The summed E-state index contributed by atoms with van der Waals surface area (Å²) in [5, 5.41) is 1.40. The Balaban J connectivity index is 2.62. The quantitative estimate of drug-likeness (QED) is 0.698. The average Bonchev–Trinajstić information content (AvgIpc) is 2.79. The van der Waals surface area contributed by atoms with Crippen LogP contribution in [0.25, 0.3) is 10.6 Å². The third kappa shape index (κ3) is 3.06. The molecule has 1 nitrogen and oxygen atoms in total. The standard InChI is InChI=1S/C11H4F6NS/c12-10(13,14)7-3-6(9-18-1-2-19-9)4-8(5-7)11(15,16)17/h2-5H. The van der Waals surface area contributed by atoms with E-state index in [0.29, 0.717) is 12.1 Å². The number of rotatable bonds is 1. The Morgan fingerprint density at radius 1 is 0.895 bits per heavy atom. The lowest BCUT2D eigenvalue weighted by atomic mass is 10.1. The topological polar surface area (TPSA) is 12.9 Å². The number of benzene rings is 1. The van der Waals surface area contributed by atoms with Crippen LogP contribution in [0, 0.1) is 6.20 Å². The maximum absolute atomic E-state index is 12.6. The molecule has 0 bridgehead atoms. The van der Waals surface area contributed by atoms with Crippen LogP contribution >= 0.6 is 11.3 Å². The first-order chi connectivity index (χ1) is 8.68. The van der Waals surface area contributed by atoms with Crippen molar-refractivity contribution >= 4 is 11.3 Å². The van der Waals surface area contributed by atoms with Crippen molar-refractivity contribution in [2.45, 2.75) is 12.4 Å². The minimum atomic E-state index is -4.85. The third-order valence-electron chi connectivity index (χ3n) is 2.22. The van der Waals surface area contributed by atoms with Crippen LogP contribution in [0.2, 0.25) is 0 Å². The predicted molar refractivity (Wildman–Crippen MR) is 56.4 cm³/mol. The van der Waals surface area contributed by atoms with Crippen LogP contribution in [0.5, 0.6) is 0 Å². The smallest absolute Gasteiger partial charge is 0.234 e. The van der Waals surface area contributed by atoms with Crippen LogP contribution in [0.4, 0.5) is 26.3 Å². The number of aromatic nitrogens is 1. The maximum atomic E-state index is 12.6. The molecule has 0 amide bonds. The minimum Gasteiger partial charge on any atom is -0.234 e. The Labute approximate surface area is 107 Å².